The van der Waals surface area contributed by atoms with Crippen LogP contribution in [0.25, 0.3) is 11.4 Å². The van der Waals surface area contributed by atoms with E-state index in [0.717, 1.165) is 0 Å². The number of nitrogens with zero attached hydrogens (tertiary/aromatic N) is 2. The molecule has 25 heavy (non-hydrogen) atoms. The van der Waals surface area contributed by atoms with Gasteiger partial charge in [0, 0.05) is 24.1 Å². The molecule has 0 saturated carbocycles. The Morgan fingerprint density at radius 2 is 1.88 bits per heavy atom. The first-order chi connectivity index (χ1) is 12.0. The van der Waals surface area contributed by atoms with Gasteiger partial charge in [-0.05, 0) is 42.5 Å². The highest BCUT2D eigenvalue weighted by molar-refractivity contribution is 6.42. The Balaban J connectivity index is 1.57. The normalized spacial score (nSPS) is 10.7. The number of benzene rings is 2. The predicted octanol–water partition coefficient (Wildman–Crippen LogP) is 4.75. The van der Waals surface area contributed by atoms with Crippen molar-refractivity contribution in [2.45, 2.75) is 12.8 Å². The van der Waals surface area contributed by atoms with E-state index in [-0.39, 0.29) is 24.6 Å². The summed E-state index contributed by atoms with van der Waals surface area (Å²) in [4.78, 5) is 16.2. The fourth-order valence-electron chi connectivity index (χ4n) is 2.09. The first-order valence-electron chi connectivity index (χ1n) is 7.35. The second-order valence-corrected chi connectivity index (χ2v) is 6.01. The van der Waals surface area contributed by atoms with E-state index in [9.17, 15) is 9.18 Å². The maximum atomic E-state index is 12.9. The van der Waals surface area contributed by atoms with Crippen LogP contribution in [-0.4, -0.2) is 16.0 Å². The average Bonchev–Trinajstić information content (AvgIpc) is 3.06. The van der Waals surface area contributed by atoms with Gasteiger partial charge in [-0.2, -0.15) is 4.98 Å². The predicted molar refractivity (Wildman–Crippen MR) is 93.1 cm³/mol. The second kappa shape index (κ2) is 7.63. The van der Waals surface area contributed by atoms with Crippen LogP contribution >= 0.6 is 23.2 Å². The van der Waals surface area contributed by atoms with Crippen LogP contribution < -0.4 is 5.32 Å². The van der Waals surface area contributed by atoms with Crippen molar-refractivity contribution >= 4 is 34.8 Å². The van der Waals surface area contributed by atoms with Gasteiger partial charge in [0.2, 0.25) is 17.6 Å². The van der Waals surface area contributed by atoms with Crippen LogP contribution in [0.3, 0.4) is 0 Å². The van der Waals surface area contributed by atoms with Crippen molar-refractivity contribution in [3.8, 4) is 11.4 Å². The summed E-state index contributed by atoms with van der Waals surface area (Å²) in [6.07, 6.45) is 0.437. The van der Waals surface area contributed by atoms with Crippen LogP contribution in [0.2, 0.25) is 10.0 Å². The molecule has 3 rings (SSSR count). The molecule has 128 valence electrons. The van der Waals surface area contributed by atoms with Gasteiger partial charge in [-0.1, -0.05) is 28.4 Å². The summed E-state index contributed by atoms with van der Waals surface area (Å²) in [5, 5.41) is 7.32. The molecule has 8 heteroatoms. The van der Waals surface area contributed by atoms with E-state index in [1.165, 1.54) is 12.1 Å². The van der Waals surface area contributed by atoms with Crippen molar-refractivity contribution in [3.63, 3.8) is 0 Å². The zero-order valence-corrected chi connectivity index (χ0v) is 14.3. The molecule has 0 aliphatic heterocycles. The number of rotatable bonds is 5. The van der Waals surface area contributed by atoms with Crippen LogP contribution in [0.5, 0.6) is 0 Å². The summed E-state index contributed by atoms with van der Waals surface area (Å²) >= 11 is 11.7. The van der Waals surface area contributed by atoms with Gasteiger partial charge in [-0.3, -0.25) is 4.79 Å². The molecule has 0 bridgehead atoms. The van der Waals surface area contributed by atoms with Gasteiger partial charge in [-0.25, -0.2) is 4.39 Å². The molecule has 0 fully saturated rings. The molecule has 0 saturated heterocycles. The molecule has 1 amide bonds. The topological polar surface area (TPSA) is 68.0 Å². The van der Waals surface area contributed by atoms with Gasteiger partial charge in [0.1, 0.15) is 5.82 Å². The van der Waals surface area contributed by atoms with Crippen molar-refractivity contribution < 1.29 is 13.7 Å². The Morgan fingerprint density at radius 1 is 1.12 bits per heavy atom. The highest BCUT2D eigenvalue weighted by atomic mass is 35.5. The smallest absolute Gasteiger partial charge is 0.227 e. The van der Waals surface area contributed by atoms with Gasteiger partial charge in [0.25, 0.3) is 0 Å². The Labute approximate surface area is 152 Å². The quantitative estimate of drug-likeness (QED) is 0.694. The summed E-state index contributed by atoms with van der Waals surface area (Å²) in [6, 6.07) is 10.6. The number of nitrogens with one attached hydrogen (secondary N) is 1. The molecular weight excluding hydrogens is 368 g/mol. The molecule has 1 aromatic heterocycles. The standard InChI is InChI=1S/C17H12Cl2FN3O2/c18-13-6-5-12(9-14(13)19)21-15(24)7-8-16-22-17(23-25-16)10-1-3-11(20)4-2-10/h1-6,9H,7-8H2,(H,21,24). The zero-order valence-electron chi connectivity index (χ0n) is 12.8. The summed E-state index contributed by atoms with van der Waals surface area (Å²) in [5.41, 5.74) is 1.19. The molecule has 0 radical (unpaired) electrons. The van der Waals surface area contributed by atoms with Crippen LogP contribution in [-0.2, 0) is 11.2 Å². The van der Waals surface area contributed by atoms with Gasteiger partial charge >= 0.3 is 0 Å². The zero-order chi connectivity index (χ0) is 17.8. The lowest BCUT2D eigenvalue weighted by Gasteiger charge is -2.05. The Hall–Kier alpha value is -2.44. The van der Waals surface area contributed by atoms with Gasteiger partial charge in [0.15, 0.2) is 0 Å². The highest BCUT2D eigenvalue weighted by Crippen LogP contribution is 2.25. The monoisotopic (exact) mass is 379 g/mol. The number of amides is 1. The molecule has 5 nitrogen and oxygen atoms in total. The lowest BCUT2D eigenvalue weighted by molar-refractivity contribution is -0.116. The second-order valence-electron chi connectivity index (χ2n) is 5.20. The summed E-state index contributed by atoms with van der Waals surface area (Å²) < 4.78 is 18.0. The Morgan fingerprint density at radius 3 is 2.60 bits per heavy atom. The Kier molecular flexibility index (Phi) is 5.31. The van der Waals surface area contributed by atoms with Crippen LogP contribution in [0.1, 0.15) is 12.3 Å². The lowest BCUT2D eigenvalue weighted by Crippen LogP contribution is -2.12. The molecule has 1 heterocycles. The number of aryl methyl sites for hydroxylation is 1. The van der Waals surface area contributed by atoms with E-state index in [1.54, 1.807) is 30.3 Å². The molecule has 2 aromatic carbocycles. The molecule has 0 spiro atoms. The molecule has 3 aromatic rings. The fourth-order valence-corrected chi connectivity index (χ4v) is 2.39. The Bertz CT molecular complexity index is 897. The first-order valence-corrected chi connectivity index (χ1v) is 8.10. The number of aromatic nitrogens is 2. The summed E-state index contributed by atoms with van der Waals surface area (Å²) in [6.45, 7) is 0. The van der Waals surface area contributed by atoms with Crippen molar-refractivity contribution in [3.05, 3.63) is 64.2 Å². The largest absolute Gasteiger partial charge is 0.339 e. The maximum absolute atomic E-state index is 12.9. The molecule has 0 unspecified atom stereocenters. The van der Waals surface area contributed by atoms with E-state index in [2.05, 4.69) is 15.5 Å². The molecule has 0 atom stereocenters. The third-order valence-corrected chi connectivity index (χ3v) is 4.08. The maximum Gasteiger partial charge on any atom is 0.227 e. The van der Waals surface area contributed by atoms with E-state index in [0.29, 0.717) is 33.0 Å². The van der Waals surface area contributed by atoms with Crippen molar-refractivity contribution in [1.29, 1.82) is 0 Å². The van der Waals surface area contributed by atoms with Crippen LogP contribution in [0.15, 0.2) is 47.0 Å². The summed E-state index contributed by atoms with van der Waals surface area (Å²) in [5.74, 6) is 0.106. The minimum atomic E-state index is -0.341. The van der Waals surface area contributed by atoms with E-state index >= 15 is 0 Å². The first kappa shape index (κ1) is 17.4. The summed E-state index contributed by atoms with van der Waals surface area (Å²) in [7, 11) is 0. The number of halogens is 3. The van der Waals surface area contributed by atoms with Crippen molar-refractivity contribution in [2.24, 2.45) is 0 Å². The lowest BCUT2D eigenvalue weighted by atomic mass is 10.2. The minimum absolute atomic E-state index is 0.158. The van der Waals surface area contributed by atoms with Gasteiger partial charge < -0.3 is 9.84 Å². The number of hydrogen-bond acceptors (Lipinski definition) is 4. The molecule has 1 N–H and O–H groups in total. The van der Waals surface area contributed by atoms with Crippen LogP contribution in [0, 0.1) is 5.82 Å². The number of carbonyl (C=O) groups is 1. The number of anilines is 1. The van der Waals surface area contributed by atoms with E-state index in [1.807, 2.05) is 0 Å². The van der Waals surface area contributed by atoms with Crippen LogP contribution in [0.4, 0.5) is 10.1 Å². The SMILES string of the molecule is O=C(CCc1nc(-c2ccc(F)cc2)no1)Nc1ccc(Cl)c(Cl)c1. The molecular formula is C17H12Cl2FN3O2. The highest BCUT2D eigenvalue weighted by Gasteiger charge is 2.11. The average molecular weight is 380 g/mol. The van der Waals surface area contributed by atoms with E-state index < -0.39 is 0 Å². The van der Waals surface area contributed by atoms with Gasteiger partial charge in [-0.15, -0.1) is 0 Å². The van der Waals surface area contributed by atoms with E-state index in [4.69, 9.17) is 27.7 Å². The fraction of sp³-hybridized carbons (Fsp3) is 0.118. The molecule has 0 aliphatic rings. The minimum Gasteiger partial charge on any atom is -0.339 e. The van der Waals surface area contributed by atoms with Crippen molar-refractivity contribution in [2.75, 3.05) is 5.32 Å². The number of hydrogen-bond donors (Lipinski definition) is 1. The van der Waals surface area contributed by atoms with Gasteiger partial charge in [0.05, 0.1) is 10.0 Å². The third-order valence-electron chi connectivity index (χ3n) is 3.34. The molecule has 0 aliphatic carbocycles. The number of carbonyl (C=O) groups excluding carboxylic acids is 1. The van der Waals surface area contributed by atoms with Crippen molar-refractivity contribution in [1.82, 2.24) is 10.1 Å². The third kappa shape index (κ3) is 4.55.